The molecule has 0 amide bonds. The average Bonchev–Trinajstić information content (AvgIpc) is 2.15. The van der Waals surface area contributed by atoms with Crippen molar-refractivity contribution in [2.75, 3.05) is 0 Å². The topological polar surface area (TPSA) is 20.2 Å². The maximum atomic E-state index is 9.04. The SMILES string of the molecule is CC/C=C/CCCCCCCC(C)O. The van der Waals surface area contributed by atoms with Crippen LogP contribution >= 0.6 is 0 Å². The molecular formula is C13H26O. The van der Waals surface area contributed by atoms with E-state index >= 15 is 0 Å². The van der Waals surface area contributed by atoms with Crippen molar-refractivity contribution in [3.8, 4) is 0 Å². The molecule has 0 bridgehead atoms. The lowest BCUT2D eigenvalue weighted by Gasteiger charge is -2.02. The van der Waals surface area contributed by atoms with E-state index < -0.39 is 0 Å². The Bertz CT molecular complexity index is 127. The van der Waals surface area contributed by atoms with Gasteiger partial charge in [0, 0.05) is 0 Å². The van der Waals surface area contributed by atoms with Crippen molar-refractivity contribution < 1.29 is 5.11 Å². The molecule has 0 aliphatic rings. The van der Waals surface area contributed by atoms with Gasteiger partial charge in [-0.05, 0) is 32.6 Å². The summed E-state index contributed by atoms with van der Waals surface area (Å²) in [7, 11) is 0. The first-order chi connectivity index (χ1) is 6.77. The Balaban J connectivity index is 2.95. The van der Waals surface area contributed by atoms with E-state index in [0.717, 1.165) is 12.8 Å². The van der Waals surface area contributed by atoms with Crippen LogP contribution < -0.4 is 0 Å². The third-order valence-corrected chi connectivity index (χ3v) is 2.40. The number of allylic oxidation sites excluding steroid dienone is 2. The van der Waals surface area contributed by atoms with Crippen LogP contribution in [-0.2, 0) is 0 Å². The second-order valence-corrected chi connectivity index (χ2v) is 4.07. The molecule has 1 N–H and O–H groups in total. The molecule has 0 aliphatic carbocycles. The van der Waals surface area contributed by atoms with E-state index in [9.17, 15) is 0 Å². The van der Waals surface area contributed by atoms with Crippen LogP contribution in [0.5, 0.6) is 0 Å². The van der Waals surface area contributed by atoms with E-state index in [1.807, 2.05) is 6.92 Å². The molecule has 0 saturated heterocycles. The van der Waals surface area contributed by atoms with Crippen LogP contribution in [0, 0.1) is 0 Å². The molecule has 0 aromatic rings. The summed E-state index contributed by atoms with van der Waals surface area (Å²) in [4.78, 5) is 0. The Kier molecular flexibility index (Phi) is 10.5. The van der Waals surface area contributed by atoms with Crippen LogP contribution in [0.3, 0.4) is 0 Å². The highest BCUT2D eigenvalue weighted by Crippen LogP contribution is 2.08. The monoisotopic (exact) mass is 198 g/mol. The van der Waals surface area contributed by atoms with Crippen molar-refractivity contribution in [2.24, 2.45) is 0 Å². The zero-order chi connectivity index (χ0) is 10.6. The molecule has 1 nitrogen and oxygen atoms in total. The molecule has 0 saturated carbocycles. The molecule has 1 unspecified atom stereocenters. The van der Waals surface area contributed by atoms with Crippen LogP contribution in [0.2, 0.25) is 0 Å². The van der Waals surface area contributed by atoms with Crippen LogP contribution in [-0.4, -0.2) is 11.2 Å². The first-order valence-corrected chi connectivity index (χ1v) is 6.10. The fourth-order valence-corrected chi connectivity index (χ4v) is 1.52. The van der Waals surface area contributed by atoms with E-state index in [4.69, 9.17) is 5.11 Å². The van der Waals surface area contributed by atoms with Gasteiger partial charge in [0.05, 0.1) is 6.10 Å². The smallest absolute Gasteiger partial charge is 0.0512 e. The lowest BCUT2D eigenvalue weighted by atomic mass is 10.1. The summed E-state index contributed by atoms with van der Waals surface area (Å²) in [5.41, 5.74) is 0. The van der Waals surface area contributed by atoms with Gasteiger partial charge < -0.3 is 5.11 Å². The fourth-order valence-electron chi connectivity index (χ4n) is 1.52. The number of hydrogen-bond donors (Lipinski definition) is 1. The normalized spacial score (nSPS) is 13.6. The molecular weight excluding hydrogens is 172 g/mol. The second-order valence-electron chi connectivity index (χ2n) is 4.07. The summed E-state index contributed by atoms with van der Waals surface area (Å²) < 4.78 is 0. The Morgan fingerprint density at radius 1 is 1.00 bits per heavy atom. The van der Waals surface area contributed by atoms with Crippen LogP contribution in [0.4, 0.5) is 0 Å². The molecule has 0 heterocycles. The molecule has 0 aliphatic heterocycles. The maximum Gasteiger partial charge on any atom is 0.0512 e. The van der Waals surface area contributed by atoms with E-state index in [0.29, 0.717) is 0 Å². The molecule has 84 valence electrons. The molecule has 0 aromatic carbocycles. The summed E-state index contributed by atoms with van der Waals surface area (Å²) in [5, 5.41) is 9.04. The van der Waals surface area contributed by atoms with Crippen LogP contribution in [0.25, 0.3) is 0 Å². The minimum absolute atomic E-state index is 0.109. The zero-order valence-electron chi connectivity index (χ0n) is 9.84. The molecule has 1 atom stereocenters. The molecule has 0 radical (unpaired) electrons. The standard InChI is InChI=1S/C13H26O/c1-3-4-5-6-7-8-9-10-11-12-13(2)14/h4-5,13-14H,3,6-12H2,1-2H3/b5-4+. The van der Waals surface area contributed by atoms with Gasteiger partial charge in [-0.25, -0.2) is 0 Å². The van der Waals surface area contributed by atoms with Crippen molar-refractivity contribution in [2.45, 2.75) is 71.3 Å². The Morgan fingerprint density at radius 2 is 1.64 bits per heavy atom. The largest absolute Gasteiger partial charge is 0.393 e. The average molecular weight is 198 g/mol. The van der Waals surface area contributed by atoms with E-state index in [2.05, 4.69) is 19.1 Å². The summed E-state index contributed by atoms with van der Waals surface area (Å²) >= 11 is 0. The third-order valence-electron chi connectivity index (χ3n) is 2.40. The Labute approximate surface area is 89.2 Å². The summed E-state index contributed by atoms with van der Waals surface area (Å²) in [5.74, 6) is 0. The number of aliphatic hydroxyl groups is 1. The molecule has 0 spiro atoms. The van der Waals surface area contributed by atoms with Gasteiger partial charge in [-0.15, -0.1) is 0 Å². The molecule has 14 heavy (non-hydrogen) atoms. The Morgan fingerprint density at radius 3 is 2.29 bits per heavy atom. The number of aliphatic hydroxyl groups excluding tert-OH is 1. The lowest BCUT2D eigenvalue weighted by Crippen LogP contribution is -1.98. The highest BCUT2D eigenvalue weighted by molar-refractivity contribution is 4.79. The van der Waals surface area contributed by atoms with Crippen LogP contribution in [0.15, 0.2) is 12.2 Å². The number of hydrogen-bond acceptors (Lipinski definition) is 1. The summed E-state index contributed by atoms with van der Waals surface area (Å²) in [6.07, 6.45) is 14.2. The second kappa shape index (κ2) is 10.8. The van der Waals surface area contributed by atoms with Gasteiger partial charge >= 0.3 is 0 Å². The highest BCUT2D eigenvalue weighted by atomic mass is 16.3. The van der Waals surface area contributed by atoms with Gasteiger partial charge in [-0.3, -0.25) is 0 Å². The van der Waals surface area contributed by atoms with Crippen molar-refractivity contribution in [1.29, 1.82) is 0 Å². The van der Waals surface area contributed by atoms with Crippen molar-refractivity contribution >= 4 is 0 Å². The minimum atomic E-state index is -0.109. The van der Waals surface area contributed by atoms with Gasteiger partial charge in [0.1, 0.15) is 0 Å². The predicted molar refractivity (Wildman–Crippen MR) is 63.4 cm³/mol. The van der Waals surface area contributed by atoms with Gasteiger partial charge in [-0.2, -0.15) is 0 Å². The summed E-state index contributed by atoms with van der Waals surface area (Å²) in [6, 6.07) is 0. The first kappa shape index (κ1) is 13.7. The highest BCUT2D eigenvalue weighted by Gasteiger charge is 1.94. The van der Waals surface area contributed by atoms with Crippen molar-refractivity contribution in [1.82, 2.24) is 0 Å². The maximum absolute atomic E-state index is 9.04. The first-order valence-electron chi connectivity index (χ1n) is 6.10. The zero-order valence-corrected chi connectivity index (χ0v) is 9.84. The van der Waals surface area contributed by atoms with E-state index in [1.165, 1.54) is 38.5 Å². The Hall–Kier alpha value is -0.300. The van der Waals surface area contributed by atoms with Gasteiger partial charge in [0.15, 0.2) is 0 Å². The van der Waals surface area contributed by atoms with Gasteiger partial charge in [0.25, 0.3) is 0 Å². The van der Waals surface area contributed by atoms with Crippen molar-refractivity contribution in [3.63, 3.8) is 0 Å². The molecule has 0 aromatic heterocycles. The molecule has 0 fully saturated rings. The fraction of sp³-hybridized carbons (Fsp3) is 0.846. The number of rotatable bonds is 9. The predicted octanol–water partition coefficient (Wildman–Crippen LogP) is 4.06. The minimum Gasteiger partial charge on any atom is -0.393 e. The van der Waals surface area contributed by atoms with E-state index in [-0.39, 0.29) is 6.10 Å². The third kappa shape index (κ3) is 11.7. The van der Waals surface area contributed by atoms with Crippen LogP contribution in [0.1, 0.15) is 65.2 Å². The quantitative estimate of drug-likeness (QED) is 0.437. The lowest BCUT2D eigenvalue weighted by molar-refractivity contribution is 0.180. The molecule has 0 rings (SSSR count). The van der Waals surface area contributed by atoms with Crippen molar-refractivity contribution in [3.05, 3.63) is 12.2 Å². The van der Waals surface area contributed by atoms with E-state index in [1.54, 1.807) is 0 Å². The van der Waals surface area contributed by atoms with Gasteiger partial charge in [-0.1, -0.05) is 44.8 Å². The number of unbranched alkanes of at least 4 members (excludes halogenated alkanes) is 5. The summed E-state index contributed by atoms with van der Waals surface area (Å²) in [6.45, 7) is 4.04. The van der Waals surface area contributed by atoms with Gasteiger partial charge in [0.2, 0.25) is 0 Å². The molecule has 1 heteroatoms.